The highest BCUT2D eigenvalue weighted by Crippen LogP contribution is 2.14. The molecule has 0 spiro atoms. The minimum Gasteiger partial charge on any atom is -1.00 e. The van der Waals surface area contributed by atoms with Crippen molar-refractivity contribution in [1.82, 2.24) is 0 Å². The first-order valence-corrected chi connectivity index (χ1v) is 8.32. The number of unbranched alkanes of at least 4 members (excludes halogenated alkanes) is 2. The summed E-state index contributed by atoms with van der Waals surface area (Å²) in [4.78, 5) is 0. The fourth-order valence-corrected chi connectivity index (χ4v) is 2.74. The largest absolute Gasteiger partial charge is 1.00 e. The van der Waals surface area contributed by atoms with Gasteiger partial charge in [-0.2, -0.15) is 0 Å². The molecule has 0 radical (unpaired) electrons. The molecule has 2 heteroatoms. The SMILES string of the molecule is CC(CCCCCc1ccccc1)CC[n+]1ccccc1.[Br-]. The van der Waals surface area contributed by atoms with E-state index in [0.717, 1.165) is 12.5 Å². The molecule has 22 heavy (non-hydrogen) atoms. The number of aromatic nitrogens is 1. The summed E-state index contributed by atoms with van der Waals surface area (Å²) in [6.07, 6.45) is 12.2. The van der Waals surface area contributed by atoms with Crippen molar-refractivity contribution in [3.05, 3.63) is 66.5 Å². The molecule has 1 aromatic heterocycles. The number of nitrogens with zero attached hydrogens (tertiary/aromatic N) is 1. The monoisotopic (exact) mass is 361 g/mol. The van der Waals surface area contributed by atoms with Crippen LogP contribution in [0.2, 0.25) is 0 Å². The molecule has 0 N–H and O–H groups in total. The van der Waals surface area contributed by atoms with Crippen molar-refractivity contribution in [2.75, 3.05) is 0 Å². The second-order valence-electron chi connectivity index (χ2n) is 6.09. The zero-order valence-corrected chi connectivity index (χ0v) is 15.2. The van der Waals surface area contributed by atoms with Gasteiger partial charge >= 0.3 is 0 Å². The van der Waals surface area contributed by atoms with Gasteiger partial charge in [0, 0.05) is 18.6 Å². The molecule has 2 rings (SSSR count). The van der Waals surface area contributed by atoms with Crippen LogP contribution in [0.3, 0.4) is 0 Å². The summed E-state index contributed by atoms with van der Waals surface area (Å²) in [5.74, 6) is 0.828. The zero-order valence-electron chi connectivity index (χ0n) is 13.6. The van der Waals surface area contributed by atoms with Gasteiger partial charge in [0.05, 0.1) is 0 Å². The van der Waals surface area contributed by atoms with Crippen LogP contribution in [0.15, 0.2) is 60.9 Å². The van der Waals surface area contributed by atoms with Gasteiger partial charge in [0.15, 0.2) is 12.4 Å². The maximum Gasteiger partial charge on any atom is 0.168 e. The Balaban J connectivity index is 0.00000242. The van der Waals surface area contributed by atoms with Gasteiger partial charge in [0.25, 0.3) is 0 Å². The Labute approximate surface area is 146 Å². The summed E-state index contributed by atoms with van der Waals surface area (Å²) in [5, 5.41) is 0. The summed E-state index contributed by atoms with van der Waals surface area (Å²) in [6, 6.07) is 17.1. The van der Waals surface area contributed by atoms with Gasteiger partial charge in [-0.05, 0) is 24.3 Å². The normalized spacial score (nSPS) is 11.7. The van der Waals surface area contributed by atoms with E-state index >= 15 is 0 Å². The van der Waals surface area contributed by atoms with Crippen LogP contribution >= 0.6 is 0 Å². The number of hydrogen-bond acceptors (Lipinski definition) is 0. The van der Waals surface area contributed by atoms with Crippen molar-refractivity contribution in [3.63, 3.8) is 0 Å². The molecule has 0 saturated heterocycles. The summed E-state index contributed by atoms with van der Waals surface area (Å²) in [5.41, 5.74) is 1.48. The molecule has 0 aliphatic carbocycles. The van der Waals surface area contributed by atoms with Gasteiger partial charge < -0.3 is 17.0 Å². The fraction of sp³-hybridized carbons (Fsp3) is 0.450. The molecule has 120 valence electrons. The van der Waals surface area contributed by atoms with E-state index < -0.39 is 0 Å². The van der Waals surface area contributed by atoms with Crippen molar-refractivity contribution in [2.24, 2.45) is 5.92 Å². The number of benzene rings is 1. The van der Waals surface area contributed by atoms with E-state index in [4.69, 9.17) is 0 Å². The van der Waals surface area contributed by atoms with Crippen LogP contribution < -0.4 is 21.5 Å². The van der Waals surface area contributed by atoms with Gasteiger partial charge in [-0.25, -0.2) is 4.57 Å². The van der Waals surface area contributed by atoms with E-state index in [2.05, 4.69) is 72.4 Å². The average Bonchev–Trinajstić information content (AvgIpc) is 2.54. The van der Waals surface area contributed by atoms with E-state index in [1.54, 1.807) is 0 Å². The van der Waals surface area contributed by atoms with Gasteiger partial charge in [0.2, 0.25) is 0 Å². The lowest BCUT2D eigenvalue weighted by Crippen LogP contribution is -3.00. The van der Waals surface area contributed by atoms with Gasteiger partial charge in [-0.1, -0.05) is 62.6 Å². The number of hydrogen-bond donors (Lipinski definition) is 0. The van der Waals surface area contributed by atoms with E-state index in [1.165, 1.54) is 44.1 Å². The van der Waals surface area contributed by atoms with Gasteiger partial charge in [0.1, 0.15) is 6.54 Å². The molecule has 0 aliphatic heterocycles. The van der Waals surface area contributed by atoms with Crippen LogP contribution in [0.25, 0.3) is 0 Å². The molecule has 1 atom stereocenters. The highest BCUT2D eigenvalue weighted by Gasteiger charge is 2.06. The predicted octanol–water partition coefficient (Wildman–Crippen LogP) is 1.81. The third-order valence-electron chi connectivity index (χ3n) is 4.16. The highest BCUT2D eigenvalue weighted by atomic mass is 79.9. The van der Waals surface area contributed by atoms with Crippen molar-refractivity contribution in [3.8, 4) is 0 Å². The van der Waals surface area contributed by atoms with E-state index in [0.29, 0.717) is 0 Å². The van der Waals surface area contributed by atoms with Crippen molar-refractivity contribution < 1.29 is 21.5 Å². The maximum atomic E-state index is 2.39. The average molecular weight is 362 g/mol. The standard InChI is InChI=1S/C20H28N.BrH/c1-19(15-18-21-16-9-4-10-17-21)11-5-2-6-12-20-13-7-3-8-14-20;/h3-4,7-10,13-14,16-17,19H,2,5-6,11-12,15,18H2,1H3;1H/q+1;/p-1. The predicted molar refractivity (Wildman–Crippen MR) is 89.0 cm³/mol. The Morgan fingerprint density at radius 1 is 0.818 bits per heavy atom. The number of pyridine rings is 1. The van der Waals surface area contributed by atoms with Gasteiger partial charge in [-0.15, -0.1) is 0 Å². The quantitative estimate of drug-likeness (QED) is 0.473. The smallest absolute Gasteiger partial charge is 0.168 e. The van der Waals surface area contributed by atoms with E-state index in [9.17, 15) is 0 Å². The first kappa shape index (κ1) is 18.9. The van der Waals surface area contributed by atoms with Crippen molar-refractivity contribution >= 4 is 0 Å². The molecule has 1 heterocycles. The lowest BCUT2D eigenvalue weighted by Gasteiger charge is -2.09. The van der Waals surface area contributed by atoms with E-state index in [1.807, 2.05) is 0 Å². The molecule has 0 saturated carbocycles. The number of aryl methyl sites for hydroxylation is 2. The topological polar surface area (TPSA) is 3.88 Å². The molecule has 1 aromatic carbocycles. The van der Waals surface area contributed by atoms with Crippen LogP contribution in [-0.2, 0) is 13.0 Å². The van der Waals surface area contributed by atoms with Crippen LogP contribution in [0.5, 0.6) is 0 Å². The molecule has 0 aliphatic rings. The summed E-state index contributed by atoms with van der Waals surface area (Å²) < 4.78 is 2.28. The molecule has 2 aromatic rings. The molecular weight excluding hydrogens is 334 g/mol. The van der Waals surface area contributed by atoms with Crippen LogP contribution in [0.4, 0.5) is 0 Å². The summed E-state index contributed by atoms with van der Waals surface area (Å²) in [7, 11) is 0. The molecule has 0 fully saturated rings. The van der Waals surface area contributed by atoms with Crippen LogP contribution in [0.1, 0.15) is 44.6 Å². The fourth-order valence-electron chi connectivity index (χ4n) is 2.74. The molecule has 1 unspecified atom stereocenters. The molecule has 1 nitrogen and oxygen atoms in total. The Morgan fingerprint density at radius 2 is 1.50 bits per heavy atom. The van der Waals surface area contributed by atoms with Crippen LogP contribution in [-0.4, -0.2) is 0 Å². The van der Waals surface area contributed by atoms with Crippen LogP contribution in [0, 0.1) is 5.92 Å². The maximum absolute atomic E-state index is 2.39. The molecule has 0 bridgehead atoms. The minimum absolute atomic E-state index is 0. The Hall–Kier alpha value is -1.15. The van der Waals surface area contributed by atoms with Gasteiger partial charge in [-0.3, -0.25) is 0 Å². The molecule has 0 amide bonds. The Bertz CT molecular complexity index is 484. The lowest BCUT2D eigenvalue weighted by molar-refractivity contribution is -0.698. The zero-order chi connectivity index (χ0) is 14.8. The Morgan fingerprint density at radius 3 is 2.23 bits per heavy atom. The third kappa shape index (κ3) is 7.74. The Kier molecular flexibility index (Phi) is 9.81. The first-order chi connectivity index (χ1) is 10.3. The second kappa shape index (κ2) is 11.4. The number of halogens is 1. The second-order valence-corrected chi connectivity index (χ2v) is 6.09. The minimum atomic E-state index is 0. The van der Waals surface area contributed by atoms with E-state index in [-0.39, 0.29) is 17.0 Å². The first-order valence-electron chi connectivity index (χ1n) is 8.32. The molecular formula is C20H28BrN. The lowest BCUT2D eigenvalue weighted by atomic mass is 9.98. The summed E-state index contributed by atoms with van der Waals surface area (Å²) >= 11 is 0. The summed E-state index contributed by atoms with van der Waals surface area (Å²) in [6.45, 7) is 3.53. The third-order valence-corrected chi connectivity index (χ3v) is 4.16. The van der Waals surface area contributed by atoms with Crippen molar-refractivity contribution in [1.29, 1.82) is 0 Å². The van der Waals surface area contributed by atoms with Crippen molar-refractivity contribution in [2.45, 2.75) is 52.0 Å². The highest BCUT2D eigenvalue weighted by molar-refractivity contribution is 5.14. The number of rotatable bonds is 9.